The van der Waals surface area contributed by atoms with E-state index in [0.29, 0.717) is 16.8 Å². The quantitative estimate of drug-likeness (QED) is 0.118. The van der Waals surface area contributed by atoms with Gasteiger partial charge in [0.2, 0.25) is 5.71 Å². The number of aromatic nitrogens is 2. The Kier molecular flexibility index (Phi) is 8.82. The zero-order chi connectivity index (χ0) is 31.7. The van der Waals surface area contributed by atoms with Gasteiger partial charge in [0.1, 0.15) is 5.76 Å². The molecule has 211 valence electrons. The Balaban J connectivity index is 0.000000348. The normalized spacial score (nSPS) is 14.4. The summed E-state index contributed by atoms with van der Waals surface area (Å²) in [5.41, 5.74) is 2.27. The number of aliphatic hydroxyl groups excluding tert-OH is 1. The number of carbonyl (C=O) groups excluding carboxylic acids is 1. The SMILES string of the molecule is CCC(C)(C)C(=O)/C=C(\O)C(C)(C)CC.[2H]C([2H])([2H])c1ccc2c(n1)oc1c(-c3cc(C([2H])(C)C)ccn3)[c-]ccc12.[Ir]. The van der Waals surface area contributed by atoms with E-state index in [1.54, 1.807) is 18.3 Å². The Morgan fingerprint density at radius 1 is 1.13 bits per heavy atom. The van der Waals surface area contributed by atoms with Crippen LogP contribution in [0, 0.1) is 23.7 Å². The van der Waals surface area contributed by atoms with Crippen LogP contribution in [0.1, 0.15) is 90.9 Å². The molecule has 0 aliphatic heterocycles. The summed E-state index contributed by atoms with van der Waals surface area (Å²) in [5.74, 6) is -0.559. The summed E-state index contributed by atoms with van der Waals surface area (Å²) < 4.78 is 36.8. The predicted octanol–water partition coefficient (Wildman–Crippen LogP) is 9.14. The Labute approximate surface area is 252 Å². The van der Waals surface area contributed by atoms with Crippen molar-refractivity contribution in [3.63, 3.8) is 0 Å². The summed E-state index contributed by atoms with van der Waals surface area (Å²) >= 11 is 0. The minimum Gasteiger partial charge on any atom is -0.512 e. The first kappa shape index (κ1) is 26.4. The number of rotatable bonds is 7. The van der Waals surface area contributed by atoms with Crippen LogP contribution in [-0.2, 0) is 24.9 Å². The van der Waals surface area contributed by atoms with Crippen LogP contribution in [0.2, 0.25) is 0 Å². The fraction of sp³-hybridized carbons (Fsp3) is 0.424. The van der Waals surface area contributed by atoms with Crippen LogP contribution in [0.25, 0.3) is 33.3 Å². The van der Waals surface area contributed by atoms with Gasteiger partial charge in [-0.1, -0.05) is 78.0 Å². The van der Waals surface area contributed by atoms with E-state index in [-0.39, 0.29) is 53.9 Å². The Morgan fingerprint density at radius 3 is 2.44 bits per heavy atom. The number of furan rings is 1. The number of allylic oxidation sites excluding steroid dienone is 2. The molecule has 1 N–H and O–H groups in total. The summed E-state index contributed by atoms with van der Waals surface area (Å²) in [6, 6.07) is 13.7. The monoisotopic (exact) mass is 710 g/mol. The first-order valence-corrected chi connectivity index (χ1v) is 13.0. The molecule has 4 aromatic rings. The van der Waals surface area contributed by atoms with Crippen molar-refractivity contribution in [2.45, 2.75) is 81.0 Å². The Hall–Kier alpha value is -2.82. The van der Waals surface area contributed by atoms with Crippen molar-refractivity contribution in [2.24, 2.45) is 10.8 Å². The minimum absolute atomic E-state index is 0. The third-order valence-corrected chi connectivity index (χ3v) is 7.29. The van der Waals surface area contributed by atoms with Crippen molar-refractivity contribution in [1.29, 1.82) is 0 Å². The molecule has 3 heterocycles. The molecule has 0 fully saturated rings. The van der Waals surface area contributed by atoms with Gasteiger partial charge < -0.3 is 14.5 Å². The molecule has 0 saturated carbocycles. The maximum absolute atomic E-state index is 11.8. The average Bonchev–Trinajstić information content (AvgIpc) is 3.30. The number of hydrogen-bond donors (Lipinski definition) is 1. The predicted molar refractivity (Wildman–Crippen MR) is 156 cm³/mol. The molecule has 0 amide bonds. The van der Waals surface area contributed by atoms with E-state index in [9.17, 15) is 9.90 Å². The van der Waals surface area contributed by atoms with Gasteiger partial charge in [0.25, 0.3) is 0 Å². The number of pyridine rings is 2. The number of ketones is 1. The summed E-state index contributed by atoms with van der Waals surface area (Å²) in [7, 11) is 0. The second kappa shape index (κ2) is 13.0. The van der Waals surface area contributed by atoms with Gasteiger partial charge in [0.15, 0.2) is 5.78 Å². The summed E-state index contributed by atoms with van der Waals surface area (Å²) in [4.78, 5) is 20.4. The second-order valence-corrected chi connectivity index (χ2v) is 11.0. The van der Waals surface area contributed by atoms with Crippen molar-refractivity contribution in [3.8, 4) is 11.3 Å². The number of nitrogens with zero attached hydrogens (tertiary/aromatic N) is 2. The van der Waals surface area contributed by atoms with Crippen LogP contribution in [0.15, 0.2) is 58.8 Å². The van der Waals surface area contributed by atoms with E-state index in [1.807, 2.05) is 73.6 Å². The second-order valence-electron chi connectivity index (χ2n) is 11.0. The molecule has 1 aromatic carbocycles. The molecule has 0 saturated heterocycles. The smallest absolute Gasteiger partial charge is 0.216 e. The molecule has 1 radical (unpaired) electrons. The first-order valence-electron chi connectivity index (χ1n) is 15.0. The number of aryl methyl sites for hydroxylation is 1. The molecule has 0 atom stereocenters. The number of carbonyl (C=O) groups is 1. The van der Waals surface area contributed by atoms with Crippen LogP contribution in [0.3, 0.4) is 0 Å². The zero-order valence-corrected chi connectivity index (χ0v) is 26.4. The van der Waals surface area contributed by atoms with Gasteiger partial charge >= 0.3 is 0 Å². The fourth-order valence-electron chi connectivity index (χ4n) is 3.56. The number of fused-ring (bicyclic) bond motifs is 3. The third-order valence-electron chi connectivity index (χ3n) is 7.29. The van der Waals surface area contributed by atoms with E-state index >= 15 is 0 Å². The topological polar surface area (TPSA) is 76.2 Å². The average molecular weight is 710 g/mol. The molecule has 0 unspecified atom stereocenters. The van der Waals surface area contributed by atoms with Crippen LogP contribution in [0.5, 0.6) is 0 Å². The molecule has 5 nitrogen and oxygen atoms in total. The largest absolute Gasteiger partial charge is 0.512 e. The molecule has 6 heteroatoms. The van der Waals surface area contributed by atoms with Crippen molar-refractivity contribution in [3.05, 3.63) is 71.8 Å². The van der Waals surface area contributed by atoms with Gasteiger partial charge in [0.05, 0.1) is 5.58 Å². The van der Waals surface area contributed by atoms with Crippen LogP contribution < -0.4 is 0 Å². The van der Waals surface area contributed by atoms with Gasteiger partial charge in [-0.2, -0.15) is 0 Å². The fourth-order valence-corrected chi connectivity index (χ4v) is 3.56. The van der Waals surface area contributed by atoms with Gasteiger partial charge in [-0.25, -0.2) is 4.98 Å². The van der Waals surface area contributed by atoms with E-state index in [4.69, 9.17) is 9.90 Å². The molecule has 0 spiro atoms. The molecule has 4 rings (SSSR count). The van der Waals surface area contributed by atoms with Crippen molar-refractivity contribution in [1.82, 2.24) is 9.97 Å². The van der Waals surface area contributed by atoms with Gasteiger partial charge in [-0.05, 0) is 49.5 Å². The van der Waals surface area contributed by atoms with Crippen molar-refractivity contribution < 1.29 is 39.9 Å². The van der Waals surface area contributed by atoms with Crippen LogP contribution >= 0.6 is 0 Å². The van der Waals surface area contributed by atoms with Crippen molar-refractivity contribution in [2.75, 3.05) is 0 Å². The Morgan fingerprint density at radius 2 is 1.82 bits per heavy atom. The first-order chi connectivity index (χ1) is 19.3. The molecular weight excluding hydrogens is 665 g/mol. The number of aliphatic hydroxyl groups is 1. The summed E-state index contributed by atoms with van der Waals surface area (Å²) in [6.45, 7) is 13.0. The van der Waals surface area contributed by atoms with Crippen LogP contribution in [0.4, 0.5) is 0 Å². The van der Waals surface area contributed by atoms with E-state index in [2.05, 4.69) is 16.0 Å². The number of hydrogen-bond acceptors (Lipinski definition) is 5. The van der Waals surface area contributed by atoms with E-state index in [0.717, 1.165) is 29.2 Å². The van der Waals surface area contributed by atoms with Gasteiger partial charge in [-0.3, -0.25) is 4.79 Å². The van der Waals surface area contributed by atoms with Gasteiger partial charge in [-0.15, -0.1) is 18.2 Å². The molecule has 0 aliphatic rings. The molecule has 0 bridgehead atoms. The third kappa shape index (κ3) is 7.43. The maximum Gasteiger partial charge on any atom is 0.216 e. The minimum atomic E-state index is -2.29. The van der Waals surface area contributed by atoms with E-state index in [1.165, 1.54) is 12.1 Å². The standard InChI is InChI=1S/C20H17N2O.C13H24O2.Ir/c1-12(2)14-9-10-21-18(11-14)17-6-4-5-15-16-8-7-13(3)22-20(16)23-19(15)17;1-7-12(3,4)10(14)9-11(15)13(5,6)8-2;/h4-5,7-12H,1-3H3;9,14H,7-8H2,1-6H3;/q-1;;/b;10-9-;/i3D3,12D;;. The number of benzene rings is 1. The van der Waals surface area contributed by atoms with Gasteiger partial charge in [0, 0.05) is 59.8 Å². The zero-order valence-electron chi connectivity index (χ0n) is 28.0. The molecule has 3 aromatic heterocycles. The molecule has 39 heavy (non-hydrogen) atoms. The van der Waals surface area contributed by atoms with Crippen molar-refractivity contribution >= 4 is 27.9 Å². The summed E-state index contributed by atoms with van der Waals surface area (Å²) in [6.07, 6.45) is 4.66. The van der Waals surface area contributed by atoms with Crippen LogP contribution in [-0.4, -0.2) is 20.9 Å². The molecule has 0 aliphatic carbocycles. The molecular formula is C33H41IrN2O3-. The maximum atomic E-state index is 11.8. The van der Waals surface area contributed by atoms with E-state index < -0.39 is 12.7 Å². The Bertz CT molecular complexity index is 1620. The summed E-state index contributed by atoms with van der Waals surface area (Å²) in [5, 5.41) is 11.4.